The third kappa shape index (κ3) is 2.17. The average Bonchev–Trinajstić information content (AvgIpc) is 2.69. The first-order chi connectivity index (χ1) is 7.93. The summed E-state index contributed by atoms with van der Waals surface area (Å²) in [5, 5.41) is 1.27. The smallest absolute Gasteiger partial charge is 0.119 e. The first-order valence-corrected chi connectivity index (χ1v) is 6.08. The predicted octanol–water partition coefficient (Wildman–Crippen LogP) is 4.33. The van der Waals surface area contributed by atoms with Crippen molar-refractivity contribution in [3.05, 3.63) is 30.0 Å². The number of fused-ring (bicyclic) bond motifs is 1. The van der Waals surface area contributed by atoms with Gasteiger partial charge >= 0.3 is 0 Å². The molecule has 0 spiro atoms. The topological polar surface area (TPSA) is 25.0 Å². The van der Waals surface area contributed by atoms with Crippen LogP contribution in [-0.2, 0) is 0 Å². The predicted molar refractivity (Wildman–Crippen MR) is 72.7 cm³/mol. The molecular weight excluding hydrogens is 210 g/mol. The van der Waals surface area contributed by atoms with Crippen molar-refractivity contribution in [1.82, 2.24) is 4.98 Å². The van der Waals surface area contributed by atoms with Gasteiger partial charge in [0.25, 0.3) is 0 Å². The van der Waals surface area contributed by atoms with Crippen molar-refractivity contribution in [2.24, 2.45) is 5.41 Å². The molecule has 1 atom stereocenters. The van der Waals surface area contributed by atoms with Crippen molar-refractivity contribution in [1.29, 1.82) is 0 Å². The minimum Gasteiger partial charge on any atom is -0.497 e. The molecule has 0 aliphatic carbocycles. The molecule has 1 unspecified atom stereocenters. The summed E-state index contributed by atoms with van der Waals surface area (Å²) < 4.78 is 5.30. The van der Waals surface area contributed by atoms with Crippen LogP contribution in [0.2, 0.25) is 0 Å². The van der Waals surface area contributed by atoms with E-state index in [1.54, 1.807) is 7.11 Å². The van der Waals surface area contributed by atoms with E-state index in [0.717, 1.165) is 5.75 Å². The Morgan fingerprint density at radius 1 is 1.24 bits per heavy atom. The normalized spacial score (nSPS) is 13.9. The number of benzene rings is 1. The molecule has 1 aromatic carbocycles. The highest BCUT2D eigenvalue weighted by molar-refractivity contribution is 5.85. The standard InChI is InChI=1S/C15H21NO/c1-10(15(2,3)4)13-9-16-14-7-6-11(17-5)8-12(13)14/h6-10,16H,1-5H3. The molecule has 0 aliphatic rings. The van der Waals surface area contributed by atoms with Gasteiger partial charge in [-0.2, -0.15) is 0 Å². The number of hydrogen-bond donors (Lipinski definition) is 1. The fraction of sp³-hybridized carbons (Fsp3) is 0.467. The van der Waals surface area contributed by atoms with E-state index in [2.05, 4.69) is 51.0 Å². The minimum absolute atomic E-state index is 0.262. The molecule has 2 nitrogen and oxygen atoms in total. The van der Waals surface area contributed by atoms with E-state index in [9.17, 15) is 0 Å². The van der Waals surface area contributed by atoms with Crippen LogP contribution in [0.3, 0.4) is 0 Å². The summed E-state index contributed by atoms with van der Waals surface area (Å²) >= 11 is 0. The van der Waals surface area contributed by atoms with Crippen LogP contribution >= 0.6 is 0 Å². The van der Waals surface area contributed by atoms with Crippen molar-refractivity contribution < 1.29 is 4.74 Å². The zero-order valence-corrected chi connectivity index (χ0v) is 11.3. The zero-order valence-electron chi connectivity index (χ0n) is 11.3. The van der Waals surface area contributed by atoms with Crippen LogP contribution in [-0.4, -0.2) is 12.1 Å². The highest BCUT2D eigenvalue weighted by Gasteiger charge is 2.24. The molecule has 1 aromatic heterocycles. The van der Waals surface area contributed by atoms with E-state index in [4.69, 9.17) is 4.74 Å². The summed E-state index contributed by atoms with van der Waals surface area (Å²) in [4.78, 5) is 3.34. The van der Waals surface area contributed by atoms with Crippen LogP contribution in [0.5, 0.6) is 5.75 Å². The van der Waals surface area contributed by atoms with Gasteiger partial charge in [-0.15, -0.1) is 0 Å². The van der Waals surface area contributed by atoms with Gasteiger partial charge in [0, 0.05) is 17.1 Å². The zero-order chi connectivity index (χ0) is 12.6. The Hall–Kier alpha value is -1.44. The van der Waals surface area contributed by atoms with E-state index in [1.165, 1.54) is 16.5 Å². The van der Waals surface area contributed by atoms with Gasteiger partial charge in [0.15, 0.2) is 0 Å². The largest absolute Gasteiger partial charge is 0.497 e. The average molecular weight is 231 g/mol. The molecule has 1 N–H and O–H groups in total. The molecule has 1 heterocycles. The lowest BCUT2D eigenvalue weighted by Gasteiger charge is -2.27. The fourth-order valence-corrected chi connectivity index (χ4v) is 2.07. The van der Waals surface area contributed by atoms with Crippen LogP contribution in [0.25, 0.3) is 10.9 Å². The molecular formula is C15H21NO. The second-order valence-electron chi connectivity index (χ2n) is 5.74. The Bertz CT molecular complexity index is 519. The third-order valence-corrected chi connectivity index (χ3v) is 3.69. The van der Waals surface area contributed by atoms with Gasteiger partial charge < -0.3 is 9.72 Å². The summed E-state index contributed by atoms with van der Waals surface area (Å²) in [7, 11) is 1.71. The van der Waals surface area contributed by atoms with Gasteiger partial charge in [0.05, 0.1) is 7.11 Å². The second kappa shape index (κ2) is 4.10. The molecule has 2 heteroatoms. The first-order valence-electron chi connectivity index (χ1n) is 6.08. The first kappa shape index (κ1) is 12.0. The van der Waals surface area contributed by atoms with Gasteiger partial charge in [0.1, 0.15) is 5.75 Å². The molecule has 0 saturated carbocycles. The Morgan fingerprint density at radius 3 is 2.53 bits per heavy atom. The fourth-order valence-electron chi connectivity index (χ4n) is 2.07. The van der Waals surface area contributed by atoms with Gasteiger partial charge in [-0.05, 0) is 35.1 Å². The maximum absolute atomic E-state index is 5.30. The van der Waals surface area contributed by atoms with Gasteiger partial charge in [-0.25, -0.2) is 0 Å². The van der Waals surface area contributed by atoms with E-state index >= 15 is 0 Å². The number of hydrogen-bond acceptors (Lipinski definition) is 1. The molecule has 2 aromatic rings. The number of methoxy groups -OCH3 is 1. The molecule has 0 fully saturated rings. The number of aromatic amines is 1. The molecule has 17 heavy (non-hydrogen) atoms. The van der Waals surface area contributed by atoms with E-state index < -0.39 is 0 Å². The maximum Gasteiger partial charge on any atom is 0.119 e. The summed E-state index contributed by atoms with van der Waals surface area (Å²) in [6, 6.07) is 6.18. The number of H-pyrrole nitrogens is 1. The highest BCUT2D eigenvalue weighted by Crippen LogP contribution is 2.38. The van der Waals surface area contributed by atoms with Gasteiger partial charge in [-0.3, -0.25) is 0 Å². The lowest BCUT2D eigenvalue weighted by Crippen LogP contribution is -2.14. The molecule has 92 valence electrons. The third-order valence-electron chi connectivity index (χ3n) is 3.69. The lowest BCUT2D eigenvalue weighted by atomic mass is 9.78. The Kier molecular flexibility index (Phi) is 2.90. The number of aromatic nitrogens is 1. The SMILES string of the molecule is COc1ccc2[nH]cc(C(C)C(C)(C)C)c2c1. The molecule has 0 saturated heterocycles. The van der Waals surface area contributed by atoms with Crippen molar-refractivity contribution in [2.75, 3.05) is 7.11 Å². The molecule has 2 rings (SSSR count). The van der Waals surface area contributed by atoms with Crippen molar-refractivity contribution >= 4 is 10.9 Å². The Balaban J connectivity index is 2.54. The van der Waals surface area contributed by atoms with Gasteiger partial charge in [0.2, 0.25) is 0 Å². The summed E-state index contributed by atoms with van der Waals surface area (Å²) in [5.41, 5.74) is 2.81. The van der Waals surface area contributed by atoms with Crippen LogP contribution in [0.4, 0.5) is 0 Å². The summed E-state index contributed by atoms with van der Waals surface area (Å²) in [6.07, 6.45) is 2.13. The maximum atomic E-state index is 5.30. The lowest BCUT2D eigenvalue weighted by molar-refractivity contribution is 0.341. The molecule has 0 amide bonds. The van der Waals surface area contributed by atoms with Crippen LogP contribution in [0.1, 0.15) is 39.2 Å². The monoisotopic (exact) mass is 231 g/mol. The number of rotatable bonds is 2. The second-order valence-corrected chi connectivity index (χ2v) is 5.74. The van der Waals surface area contributed by atoms with E-state index in [1.807, 2.05) is 6.07 Å². The molecule has 0 radical (unpaired) electrons. The van der Waals surface area contributed by atoms with Crippen LogP contribution in [0, 0.1) is 5.41 Å². The van der Waals surface area contributed by atoms with Crippen LogP contribution in [0.15, 0.2) is 24.4 Å². The molecule has 0 aliphatic heterocycles. The minimum atomic E-state index is 0.262. The number of ether oxygens (including phenoxy) is 1. The van der Waals surface area contributed by atoms with Gasteiger partial charge in [-0.1, -0.05) is 27.7 Å². The van der Waals surface area contributed by atoms with Crippen molar-refractivity contribution in [3.63, 3.8) is 0 Å². The van der Waals surface area contributed by atoms with E-state index in [0.29, 0.717) is 5.92 Å². The van der Waals surface area contributed by atoms with Crippen LogP contribution < -0.4 is 4.74 Å². The van der Waals surface area contributed by atoms with Crippen molar-refractivity contribution in [2.45, 2.75) is 33.6 Å². The quantitative estimate of drug-likeness (QED) is 0.817. The number of nitrogens with one attached hydrogen (secondary N) is 1. The van der Waals surface area contributed by atoms with Crippen molar-refractivity contribution in [3.8, 4) is 5.75 Å². The highest BCUT2D eigenvalue weighted by atomic mass is 16.5. The molecule has 0 bridgehead atoms. The summed E-state index contributed by atoms with van der Waals surface area (Å²) in [5.74, 6) is 1.42. The Labute approximate surface area is 103 Å². The Morgan fingerprint density at radius 2 is 1.94 bits per heavy atom. The van der Waals surface area contributed by atoms with E-state index in [-0.39, 0.29) is 5.41 Å². The summed E-state index contributed by atoms with van der Waals surface area (Å²) in [6.45, 7) is 9.10.